The van der Waals surface area contributed by atoms with Gasteiger partial charge in [0, 0.05) is 35.2 Å². The average Bonchev–Trinajstić information content (AvgIpc) is 3.36. The lowest BCUT2D eigenvalue weighted by Gasteiger charge is -2.24. The van der Waals surface area contributed by atoms with Crippen LogP contribution in [0.4, 0.5) is 5.69 Å². The van der Waals surface area contributed by atoms with Crippen molar-refractivity contribution in [2.45, 2.75) is 19.5 Å². The lowest BCUT2D eigenvalue weighted by molar-refractivity contribution is 0.0919. The maximum Gasteiger partial charge on any atom is 0.268 e. The third kappa shape index (κ3) is 3.24. The highest BCUT2D eigenvalue weighted by atomic mass is 16.2. The van der Waals surface area contributed by atoms with Crippen molar-refractivity contribution >= 4 is 28.4 Å². The van der Waals surface area contributed by atoms with Gasteiger partial charge in [0.15, 0.2) is 0 Å². The molecule has 150 valence electrons. The predicted octanol–water partition coefficient (Wildman–Crippen LogP) is 3.44. The van der Waals surface area contributed by atoms with Gasteiger partial charge in [0.25, 0.3) is 11.8 Å². The number of benzene rings is 2. The number of rotatable bonds is 4. The molecule has 1 aliphatic heterocycles. The molecule has 1 unspecified atom stereocenters. The lowest BCUT2D eigenvalue weighted by atomic mass is 10.1. The largest absolute Gasteiger partial charge is 0.349 e. The maximum absolute atomic E-state index is 12.8. The summed E-state index contributed by atoms with van der Waals surface area (Å²) in [5.74, 6) is -0.291. The van der Waals surface area contributed by atoms with Crippen molar-refractivity contribution in [1.29, 1.82) is 0 Å². The molecule has 0 bridgehead atoms. The third-order valence-electron chi connectivity index (χ3n) is 5.41. The zero-order valence-electron chi connectivity index (χ0n) is 16.5. The van der Waals surface area contributed by atoms with Gasteiger partial charge in [0.2, 0.25) is 0 Å². The minimum atomic E-state index is -0.209. The van der Waals surface area contributed by atoms with Crippen molar-refractivity contribution in [2.24, 2.45) is 0 Å². The standard InChI is InChI=1S/C23H21N5O2/c1-15-11-24-23(30)21-9-17-7-8-18(10-20(17)28(15)21)22(29)26-19-12-25-27(14-19)13-16-5-3-2-4-6-16/h2-10,12,14-15H,11,13H2,1H3,(H,24,30)(H,26,29). The van der Waals surface area contributed by atoms with Crippen LogP contribution in [0.15, 0.2) is 67.0 Å². The topological polar surface area (TPSA) is 81.0 Å². The van der Waals surface area contributed by atoms with Crippen LogP contribution in [0, 0.1) is 0 Å². The molecule has 7 nitrogen and oxygen atoms in total. The number of carbonyl (C=O) groups is 2. The summed E-state index contributed by atoms with van der Waals surface area (Å²) in [6.07, 6.45) is 3.46. The Kier molecular flexibility index (Phi) is 4.35. The second-order valence-electron chi connectivity index (χ2n) is 7.60. The van der Waals surface area contributed by atoms with E-state index >= 15 is 0 Å². The highest BCUT2D eigenvalue weighted by molar-refractivity contribution is 6.07. The normalized spacial score (nSPS) is 15.6. The van der Waals surface area contributed by atoms with Gasteiger partial charge in [-0.3, -0.25) is 14.3 Å². The van der Waals surface area contributed by atoms with E-state index in [0.717, 1.165) is 16.5 Å². The van der Waals surface area contributed by atoms with Gasteiger partial charge in [-0.25, -0.2) is 0 Å². The van der Waals surface area contributed by atoms with Gasteiger partial charge < -0.3 is 15.2 Å². The van der Waals surface area contributed by atoms with Crippen molar-refractivity contribution in [3.63, 3.8) is 0 Å². The Balaban J connectivity index is 1.38. The van der Waals surface area contributed by atoms with E-state index in [-0.39, 0.29) is 17.9 Å². The number of nitrogens with zero attached hydrogens (tertiary/aromatic N) is 3. The fourth-order valence-corrected chi connectivity index (χ4v) is 3.92. The molecule has 30 heavy (non-hydrogen) atoms. The Morgan fingerprint density at radius 1 is 1.20 bits per heavy atom. The summed E-state index contributed by atoms with van der Waals surface area (Å²) in [6.45, 7) is 3.27. The number of aromatic nitrogens is 3. The molecule has 2 N–H and O–H groups in total. The van der Waals surface area contributed by atoms with Gasteiger partial charge in [-0.15, -0.1) is 0 Å². The quantitative estimate of drug-likeness (QED) is 0.552. The molecule has 1 atom stereocenters. The van der Waals surface area contributed by atoms with Crippen LogP contribution in [0.5, 0.6) is 0 Å². The molecule has 3 heterocycles. The SMILES string of the molecule is CC1CNC(=O)c2cc3ccc(C(=O)Nc4cnn(Cc5ccccc5)c4)cc3n21. The molecule has 0 spiro atoms. The molecular formula is C23H21N5O2. The molecule has 4 aromatic rings. The summed E-state index contributed by atoms with van der Waals surface area (Å²) in [5.41, 5.74) is 3.83. The van der Waals surface area contributed by atoms with Gasteiger partial charge in [0.1, 0.15) is 5.69 Å². The molecule has 2 aromatic heterocycles. The number of nitrogens with one attached hydrogen (secondary N) is 2. The van der Waals surface area contributed by atoms with Crippen LogP contribution in [-0.4, -0.2) is 32.7 Å². The highest BCUT2D eigenvalue weighted by Crippen LogP contribution is 2.27. The van der Waals surface area contributed by atoms with E-state index in [1.165, 1.54) is 0 Å². The molecule has 0 fully saturated rings. The Hall–Kier alpha value is -3.87. The summed E-state index contributed by atoms with van der Waals surface area (Å²) in [5, 5.41) is 11.1. The van der Waals surface area contributed by atoms with E-state index in [0.29, 0.717) is 30.0 Å². The number of hydrogen-bond acceptors (Lipinski definition) is 3. The summed E-state index contributed by atoms with van der Waals surface area (Å²) < 4.78 is 3.79. The Morgan fingerprint density at radius 2 is 2.03 bits per heavy atom. The molecule has 2 aromatic carbocycles. The van der Waals surface area contributed by atoms with Crippen molar-refractivity contribution in [3.8, 4) is 0 Å². The molecule has 0 saturated heterocycles. The molecule has 0 saturated carbocycles. The van der Waals surface area contributed by atoms with E-state index in [4.69, 9.17) is 0 Å². The molecule has 1 aliphatic rings. The fraction of sp³-hybridized carbons (Fsp3) is 0.174. The van der Waals surface area contributed by atoms with E-state index in [2.05, 4.69) is 22.7 Å². The van der Waals surface area contributed by atoms with Crippen molar-refractivity contribution < 1.29 is 9.59 Å². The van der Waals surface area contributed by atoms with E-state index in [1.807, 2.05) is 59.3 Å². The summed E-state index contributed by atoms with van der Waals surface area (Å²) in [4.78, 5) is 25.0. The fourth-order valence-electron chi connectivity index (χ4n) is 3.92. The van der Waals surface area contributed by atoms with E-state index in [9.17, 15) is 9.59 Å². The van der Waals surface area contributed by atoms with Gasteiger partial charge in [-0.05, 0) is 30.7 Å². The molecule has 7 heteroatoms. The van der Waals surface area contributed by atoms with E-state index < -0.39 is 0 Å². The number of hydrogen-bond donors (Lipinski definition) is 2. The first-order valence-electron chi connectivity index (χ1n) is 9.89. The second kappa shape index (κ2) is 7.18. The zero-order valence-corrected chi connectivity index (χ0v) is 16.5. The predicted molar refractivity (Wildman–Crippen MR) is 115 cm³/mol. The average molecular weight is 399 g/mol. The van der Waals surface area contributed by atoms with Crippen LogP contribution >= 0.6 is 0 Å². The Labute approximate surface area is 173 Å². The van der Waals surface area contributed by atoms with Crippen LogP contribution in [0.25, 0.3) is 10.9 Å². The van der Waals surface area contributed by atoms with Gasteiger partial charge in [-0.2, -0.15) is 5.10 Å². The van der Waals surface area contributed by atoms with Gasteiger partial charge >= 0.3 is 0 Å². The summed E-state index contributed by atoms with van der Waals surface area (Å²) in [7, 11) is 0. The summed E-state index contributed by atoms with van der Waals surface area (Å²) in [6, 6.07) is 17.5. The van der Waals surface area contributed by atoms with Gasteiger partial charge in [-0.1, -0.05) is 36.4 Å². The lowest BCUT2D eigenvalue weighted by Crippen LogP contribution is -2.37. The number of anilines is 1. The van der Waals surface area contributed by atoms with E-state index in [1.54, 1.807) is 16.9 Å². The van der Waals surface area contributed by atoms with Gasteiger partial charge in [0.05, 0.1) is 18.4 Å². The van der Waals surface area contributed by atoms with Crippen molar-refractivity contribution in [2.75, 3.05) is 11.9 Å². The first-order chi connectivity index (χ1) is 14.6. The summed E-state index contributed by atoms with van der Waals surface area (Å²) >= 11 is 0. The third-order valence-corrected chi connectivity index (χ3v) is 5.41. The maximum atomic E-state index is 12.8. The minimum Gasteiger partial charge on any atom is -0.349 e. The smallest absolute Gasteiger partial charge is 0.268 e. The van der Waals surface area contributed by atoms with Crippen LogP contribution in [0.2, 0.25) is 0 Å². The first-order valence-corrected chi connectivity index (χ1v) is 9.89. The monoisotopic (exact) mass is 399 g/mol. The zero-order chi connectivity index (χ0) is 20.7. The Bertz CT molecular complexity index is 1260. The molecule has 0 aliphatic carbocycles. The minimum absolute atomic E-state index is 0.0823. The first kappa shape index (κ1) is 18.2. The van der Waals surface area contributed by atoms with Crippen molar-refractivity contribution in [3.05, 3.63) is 83.8 Å². The molecule has 2 amide bonds. The van der Waals surface area contributed by atoms with Crippen LogP contribution in [0.1, 0.15) is 39.4 Å². The Morgan fingerprint density at radius 3 is 2.87 bits per heavy atom. The highest BCUT2D eigenvalue weighted by Gasteiger charge is 2.24. The van der Waals surface area contributed by atoms with Crippen LogP contribution in [-0.2, 0) is 6.54 Å². The number of amides is 2. The number of carbonyl (C=O) groups excluding carboxylic acids is 2. The molecule has 5 rings (SSSR count). The molecular weight excluding hydrogens is 378 g/mol. The molecule has 0 radical (unpaired) electrons. The van der Waals surface area contributed by atoms with Crippen LogP contribution in [0.3, 0.4) is 0 Å². The van der Waals surface area contributed by atoms with Crippen molar-refractivity contribution in [1.82, 2.24) is 19.7 Å². The number of fused-ring (bicyclic) bond motifs is 3. The second-order valence-corrected chi connectivity index (χ2v) is 7.60. The van der Waals surface area contributed by atoms with Crippen LogP contribution < -0.4 is 10.6 Å².